The molecule has 2 N–H and O–H groups in total. The summed E-state index contributed by atoms with van der Waals surface area (Å²) in [5, 5.41) is 0. The molecule has 0 saturated carbocycles. The van der Waals surface area contributed by atoms with Crippen LogP contribution in [0.5, 0.6) is 5.75 Å². The maximum absolute atomic E-state index is 11.7. The van der Waals surface area contributed by atoms with Gasteiger partial charge in [-0.05, 0) is 26.8 Å². The number of hydrogen-bond acceptors (Lipinski definition) is 5. The lowest BCUT2D eigenvalue weighted by molar-refractivity contribution is 0.0744. The van der Waals surface area contributed by atoms with E-state index in [4.69, 9.17) is 15.2 Å². The van der Waals surface area contributed by atoms with Gasteiger partial charge in [-0.2, -0.15) is 0 Å². The van der Waals surface area contributed by atoms with Crippen LogP contribution in [-0.4, -0.2) is 41.8 Å². The molecular weight excluding hydrogens is 258 g/mol. The highest BCUT2D eigenvalue weighted by Gasteiger charge is 2.26. The Balaban J connectivity index is 2.63. The lowest BCUT2D eigenvalue weighted by atomic mass is 10.1. The summed E-state index contributed by atoms with van der Waals surface area (Å²) in [6, 6.07) is 1.82. The molecule has 1 aromatic rings. The van der Waals surface area contributed by atoms with Gasteiger partial charge in [-0.25, -0.2) is 4.79 Å². The molecule has 6 nitrogen and oxygen atoms in total. The summed E-state index contributed by atoms with van der Waals surface area (Å²) in [4.78, 5) is 17.4. The molecule has 0 aromatic carbocycles. The minimum Gasteiger partial charge on any atom is -0.490 e. The van der Waals surface area contributed by atoms with E-state index in [2.05, 4.69) is 4.98 Å². The van der Waals surface area contributed by atoms with Gasteiger partial charge in [-0.3, -0.25) is 9.88 Å². The van der Waals surface area contributed by atoms with E-state index in [-0.39, 0.29) is 11.6 Å². The highest BCUT2D eigenvalue weighted by atomic mass is 16.5. The molecule has 6 heteroatoms. The van der Waals surface area contributed by atoms with Crippen LogP contribution in [0, 0.1) is 0 Å². The van der Waals surface area contributed by atoms with Gasteiger partial charge in [0.25, 0.3) is 0 Å². The number of carbonyl (C=O) groups is 1. The molecular formula is C14H23N3O3. The Morgan fingerprint density at radius 3 is 2.70 bits per heavy atom. The van der Waals surface area contributed by atoms with Crippen molar-refractivity contribution in [1.29, 1.82) is 0 Å². The molecule has 20 heavy (non-hydrogen) atoms. The quantitative estimate of drug-likeness (QED) is 0.890. The fraction of sp³-hybridized carbons (Fsp3) is 0.571. The zero-order valence-corrected chi connectivity index (χ0v) is 12.5. The number of methoxy groups -OCH3 is 1. The molecule has 0 unspecified atom stereocenters. The van der Waals surface area contributed by atoms with E-state index in [0.717, 1.165) is 5.56 Å². The van der Waals surface area contributed by atoms with E-state index in [1.54, 1.807) is 17.3 Å². The third-order valence-electron chi connectivity index (χ3n) is 2.87. The standard InChI is InChI=1S/C14H23N3O3/c1-14(2,3)17(13(18)19-4)7-8-20-12-10-16-6-5-11(12)9-15/h5-6,10H,7-9,15H2,1-4H3. The Kier molecular flexibility index (Phi) is 5.76. The van der Waals surface area contributed by atoms with Crippen molar-refractivity contribution in [3.05, 3.63) is 24.0 Å². The van der Waals surface area contributed by atoms with Crippen molar-refractivity contribution < 1.29 is 14.3 Å². The third kappa shape index (κ3) is 4.38. The van der Waals surface area contributed by atoms with E-state index in [1.165, 1.54) is 7.11 Å². The fourth-order valence-electron chi connectivity index (χ4n) is 1.77. The Morgan fingerprint density at radius 2 is 2.15 bits per heavy atom. The summed E-state index contributed by atoms with van der Waals surface area (Å²) in [5.41, 5.74) is 6.19. The Hall–Kier alpha value is -1.82. The van der Waals surface area contributed by atoms with Crippen LogP contribution in [-0.2, 0) is 11.3 Å². The molecule has 0 saturated heterocycles. The van der Waals surface area contributed by atoms with Crippen LogP contribution in [0.25, 0.3) is 0 Å². The number of rotatable bonds is 5. The second-order valence-corrected chi connectivity index (χ2v) is 5.33. The number of ether oxygens (including phenoxy) is 2. The SMILES string of the molecule is COC(=O)N(CCOc1cnccc1CN)C(C)(C)C. The molecule has 0 spiro atoms. The van der Waals surface area contributed by atoms with Crippen LogP contribution in [0.15, 0.2) is 18.5 Å². The molecule has 0 fully saturated rings. The molecule has 1 rings (SSSR count). The number of nitrogens with two attached hydrogens (primary N) is 1. The maximum Gasteiger partial charge on any atom is 0.410 e. The molecule has 0 bridgehead atoms. The number of nitrogens with zero attached hydrogens (tertiary/aromatic N) is 2. The van der Waals surface area contributed by atoms with Gasteiger partial charge in [0.1, 0.15) is 12.4 Å². The molecule has 1 aromatic heterocycles. The van der Waals surface area contributed by atoms with Crippen LogP contribution in [0.4, 0.5) is 4.79 Å². The van der Waals surface area contributed by atoms with Crippen LogP contribution >= 0.6 is 0 Å². The minimum absolute atomic E-state index is 0.331. The van der Waals surface area contributed by atoms with Crippen molar-refractivity contribution in [2.45, 2.75) is 32.9 Å². The first-order valence-corrected chi connectivity index (χ1v) is 6.51. The fourth-order valence-corrected chi connectivity index (χ4v) is 1.77. The molecule has 0 aliphatic rings. The van der Waals surface area contributed by atoms with Gasteiger partial charge in [-0.15, -0.1) is 0 Å². The first-order chi connectivity index (χ1) is 9.40. The van der Waals surface area contributed by atoms with E-state index in [1.807, 2.05) is 26.8 Å². The molecule has 112 valence electrons. The number of carbonyl (C=O) groups excluding carboxylic acids is 1. The topological polar surface area (TPSA) is 77.7 Å². The first-order valence-electron chi connectivity index (χ1n) is 6.51. The van der Waals surface area contributed by atoms with E-state index in [0.29, 0.717) is 25.4 Å². The summed E-state index contributed by atoms with van der Waals surface area (Å²) < 4.78 is 10.4. The summed E-state index contributed by atoms with van der Waals surface area (Å²) in [7, 11) is 1.37. The van der Waals surface area contributed by atoms with Gasteiger partial charge in [0.05, 0.1) is 19.9 Å². The normalized spacial score (nSPS) is 11.1. The molecule has 0 aliphatic carbocycles. The minimum atomic E-state index is -0.369. The van der Waals surface area contributed by atoms with Crippen LogP contribution in [0.2, 0.25) is 0 Å². The van der Waals surface area contributed by atoms with Gasteiger partial charge in [-0.1, -0.05) is 0 Å². The van der Waals surface area contributed by atoms with E-state index in [9.17, 15) is 4.79 Å². The van der Waals surface area contributed by atoms with Crippen molar-refractivity contribution in [3.8, 4) is 5.75 Å². The van der Waals surface area contributed by atoms with Crippen LogP contribution < -0.4 is 10.5 Å². The molecule has 1 amide bonds. The predicted molar refractivity (Wildman–Crippen MR) is 76.5 cm³/mol. The molecule has 0 radical (unpaired) electrons. The summed E-state index contributed by atoms with van der Waals surface area (Å²) >= 11 is 0. The second-order valence-electron chi connectivity index (χ2n) is 5.33. The number of pyridine rings is 1. The Bertz CT molecular complexity index is 444. The average Bonchev–Trinajstić information content (AvgIpc) is 2.41. The van der Waals surface area contributed by atoms with Crippen molar-refractivity contribution in [1.82, 2.24) is 9.88 Å². The largest absolute Gasteiger partial charge is 0.490 e. The van der Waals surface area contributed by atoms with Gasteiger partial charge in [0, 0.05) is 23.8 Å². The summed E-state index contributed by atoms with van der Waals surface area (Å²) in [6.45, 7) is 7.00. The Morgan fingerprint density at radius 1 is 1.45 bits per heavy atom. The molecule has 0 aliphatic heterocycles. The van der Waals surface area contributed by atoms with E-state index >= 15 is 0 Å². The molecule has 0 atom stereocenters. The number of aromatic nitrogens is 1. The van der Waals surface area contributed by atoms with Crippen LogP contribution in [0.1, 0.15) is 26.3 Å². The zero-order chi connectivity index (χ0) is 15.2. The van der Waals surface area contributed by atoms with E-state index < -0.39 is 0 Å². The van der Waals surface area contributed by atoms with Gasteiger partial charge < -0.3 is 15.2 Å². The summed E-state index contributed by atoms with van der Waals surface area (Å²) in [6.07, 6.45) is 2.93. The first kappa shape index (κ1) is 16.2. The second kappa shape index (κ2) is 7.09. The van der Waals surface area contributed by atoms with Gasteiger partial charge >= 0.3 is 6.09 Å². The molecule has 1 heterocycles. The Labute approximate surface area is 119 Å². The lowest BCUT2D eigenvalue weighted by Crippen LogP contribution is -2.47. The number of hydrogen-bond donors (Lipinski definition) is 1. The average molecular weight is 281 g/mol. The lowest BCUT2D eigenvalue weighted by Gasteiger charge is -2.34. The van der Waals surface area contributed by atoms with Crippen molar-refractivity contribution in [2.24, 2.45) is 5.73 Å². The predicted octanol–water partition coefficient (Wildman–Crippen LogP) is 1.79. The van der Waals surface area contributed by atoms with Gasteiger partial charge in [0.15, 0.2) is 0 Å². The third-order valence-corrected chi connectivity index (χ3v) is 2.87. The van der Waals surface area contributed by atoms with Crippen molar-refractivity contribution in [2.75, 3.05) is 20.3 Å². The van der Waals surface area contributed by atoms with Crippen LogP contribution in [0.3, 0.4) is 0 Å². The monoisotopic (exact) mass is 281 g/mol. The van der Waals surface area contributed by atoms with Gasteiger partial charge in [0.2, 0.25) is 0 Å². The highest BCUT2D eigenvalue weighted by Crippen LogP contribution is 2.17. The van der Waals surface area contributed by atoms with Crippen molar-refractivity contribution >= 4 is 6.09 Å². The smallest absolute Gasteiger partial charge is 0.410 e. The maximum atomic E-state index is 11.7. The summed E-state index contributed by atoms with van der Waals surface area (Å²) in [5.74, 6) is 0.647. The van der Waals surface area contributed by atoms with Crippen molar-refractivity contribution in [3.63, 3.8) is 0 Å². The number of amides is 1. The zero-order valence-electron chi connectivity index (χ0n) is 12.5. The highest BCUT2D eigenvalue weighted by molar-refractivity contribution is 5.68.